The van der Waals surface area contributed by atoms with E-state index in [0.717, 1.165) is 6.42 Å². The van der Waals surface area contributed by atoms with Crippen molar-refractivity contribution in [1.82, 2.24) is 10.2 Å². The maximum absolute atomic E-state index is 13.0. The Balaban J connectivity index is 2.20. The van der Waals surface area contributed by atoms with E-state index in [0.29, 0.717) is 23.0 Å². The summed E-state index contributed by atoms with van der Waals surface area (Å²) < 4.78 is 5.15. The number of carbonyl (C=O) groups excluding carboxylic acids is 2. The molecular weight excluding hydrogens is 336 g/mol. The Bertz CT molecular complexity index is 603. The molecule has 0 aromatic heterocycles. The minimum absolute atomic E-state index is 0.0275. The lowest BCUT2D eigenvalue weighted by Crippen LogP contribution is -2.52. The van der Waals surface area contributed by atoms with E-state index in [1.165, 1.54) is 0 Å². The van der Waals surface area contributed by atoms with E-state index in [1.807, 2.05) is 13.8 Å². The fourth-order valence-electron chi connectivity index (χ4n) is 2.72. The van der Waals surface area contributed by atoms with Crippen LogP contribution in [-0.4, -0.2) is 47.0 Å². The molecule has 2 rings (SSSR count). The predicted molar refractivity (Wildman–Crippen MR) is 102 cm³/mol. The van der Waals surface area contributed by atoms with Crippen LogP contribution >= 0.6 is 11.8 Å². The highest BCUT2D eigenvalue weighted by atomic mass is 32.2. The van der Waals surface area contributed by atoms with Crippen molar-refractivity contribution >= 4 is 23.6 Å². The smallest absolute Gasteiger partial charge is 0.255 e. The number of hydrogen-bond donors (Lipinski definition) is 1. The van der Waals surface area contributed by atoms with E-state index in [4.69, 9.17) is 4.74 Å². The number of amides is 2. The molecule has 138 valence electrons. The second kappa shape index (κ2) is 8.61. The van der Waals surface area contributed by atoms with Gasteiger partial charge in [-0.3, -0.25) is 9.59 Å². The number of rotatable bonds is 6. The number of ether oxygens (including phenoxy) is 1. The van der Waals surface area contributed by atoms with Crippen LogP contribution in [-0.2, 0) is 4.79 Å². The van der Waals surface area contributed by atoms with Gasteiger partial charge in [-0.1, -0.05) is 20.8 Å². The number of hydrogen-bond acceptors (Lipinski definition) is 4. The van der Waals surface area contributed by atoms with E-state index >= 15 is 0 Å². The zero-order valence-electron chi connectivity index (χ0n) is 15.6. The molecule has 1 saturated heterocycles. The van der Waals surface area contributed by atoms with Gasteiger partial charge in [0.15, 0.2) is 0 Å². The first-order chi connectivity index (χ1) is 11.9. The predicted octanol–water partition coefficient (Wildman–Crippen LogP) is 3.15. The number of methoxy groups -OCH3 is 1. The molecule has 0 saturated carbocycles. The number of carbonyl (C=O) groups is 2. The van der Waals surface area contributed by atoms with Crippen molar-refractivity contribution in [3.63, 3.8) is 0 Å². The second-order valence-corrected chi connectivity index (χ2v) is 7.91. The summed E-state index contributed by atoms with van der Waals surface area (Å²) in [6, 6.07) is 6.70. The zero-order valence-corrected chi connectivity index (χ0v) is 16.4. The first kappa shape index (κ1) is 19.6. The molecule has 1 aliphatic heterocycles. The van der Waals surface area contributed by atoms with E-state index in [9.17, 15) is 9.59 Å². The van der Waals surface area contributed by atoms with E-state index in [2.05, 4.69) is 19.2 Å². The summed E-state index contributed by atoms with van der Waals surface area (Å²) in [5, 5.41) is 3.08. The molecule has 0 aliphatic carbocycles. The summed E-state index contributed by atoms with van der Waals surface area (Å²) in [4.78, 5) is 27.5. The Morgan fingerprint density at radius 2 is 1.92 bits per heavy atom. The van der Waals surface area contributed by atoms with Gasteiger partial charge in [-0.15, -0.1) is 11.8 Å². The highest BCUT2D eigenvalue weighted by Crippen LogP contribution is 2.33. The maximum Gasteiger partial charge on any atom is 0.255 e. The van der Waals surface area contributed by atoms with Gasteiger partial charge >= 0.3 is 0 Å². The van der Waals surface area contributed by atoms with Crippen LogP contribution in [0.5, 0.6) is 5.75 Å². The molecule has 1 aliphatic rings. The van der Waals surface area contributed by atoms with Gasteiger partial charge in [0.25, 0.3) is 5.91 Å². The minimum atomic E-state index is -0.425. The Morgan fingerprint density at radius 1 is 1.28 bits per heavy atom. The molecule has 3 unspecified atom stereocenters. The van der Waals surface area contributed by atoms with Crippen LogP contribution in [0.15, 0.2) is 24.3 Å². The Morgan fingerprint density at radius 3 is 2.44 bits per heavy atom. The van der Waals surface area contributed by atoms with Gasteiger partial charge in [-0.25, -0.2) is 0 Å². The van der Waals surface area contributed by atoms with Crippen LogP contribution in [0.4, 0.5) is 0 Å². The molecule has 1 heterocycles. The van der Waals surface area contributed by atoms with Crippen LogP contribution in [0.1, 0.15) is 44.5 Å². The highest BCUT2D eigenvalue weighted by Gasteiger charge is 2.41. The SMILES string of the molecule is CCC1SCC(C(=O)NC(C)C(C)C)N1C(=O)c1ccc(OC)cc1. The summed E-state index contributed by atoms with van der Waals surface area (Å²) in [5.41, 5.74) is 0.580. The molecule has 1 N–H and O–H groups in total. The number of thioether (sulfide) groups is 1. The van der Waals surface area contributed by atoms with Gasteiger partial charge in [0, 0.05) is 17.4 Å². The molecule has 0 bridgehead atoms. The van der Waals surface area contributed by atoms with Crippen molar-refractivity contribution in [2.45, 2.75) is 51.6 Å². The molecule has 5 nitrogen and oxygen atoms in total. The molecule has 3 atom stereocenters. The lowest BCUT2D eigenvalue weighted by Gasteiger charge is -2.29. The zero-order chi connectivity index (χ0) is 18.6. The monoisotopic (exact) mass is 364 g/mol. The fourth-order valence-corrected chi connectivity index (χ4v) is 4.08. The quantitative estimate of drug-likeness (QED) is 0.842. The summed E-state index contributed by atoms with van der Waals surface area (Å²) >= 11 is 1.67. The third kappa shape index (κ3) is 4.48. The summed E-state index contributed by atoms with van der Waals surface area (Å²) in [5.74, 6) is 1.53. The van der Waals surface area contributed by atoms with Gasteiger partial charge < -0.3 is 15.0 Å². The third-order valence-corrected chi connectivity index (χ3v) is 6.14. The van der Waals surface area contributed by atoms with Gasteiger partial charge in [0.1, 0.15) is 11.8 Å². The summed E-state index contributed by atoms with van der Waals surface area (Å²) in [6.45, 7) is 8.19. The Kier molecular flexibility index (Phi) is 6.76. The van der Waals surface area contributed by atoms with Crippen LogP contribution in [0.3, 0.4) is 0 Å². The van der Waals surface area contributed by atoms with Gasteiger partial charge in [-0.05, 0) is 43.5 Å². The molecule has 1 fully saturated rings. The van der Waals surface area contributed by atoms with Crippen LogP contribution in [0.2, 0.25) is 0 Å². The van der Waals surface area contributed by atoms with Crippen LogP contribution in [0.25, 0.3) is 0 Å². The Hall–Kier alpha value is -1.69. The fraction of sp³-hybridized carbons (Fsp3) is 0.579. The lowest BCUT2D eigenvalue weighted by molar-refractivity contribution is -0.125. The number of nitrogens with one attached hydrogen (secondary N) is 1. The van der Waals surface area contributed by atoms with E-state index in [1.54, 1.807) is 48.0 Å². The van der Waals surface area contributed by atoms with Crippen molar-refractivity contribution in [3.8, 4) is 5.75 Å². The average molecular weight is 365 g/mol. The summed E-state index contributed by atoms with van der Waals surface area (Å²) in [7, 11) is 1.59. The first-order valence-electron chi connectivity index (χ1n) is 8.77. The van der Waals surface area contributed by atoms with Crippen molar-refractivity contribution in [2.75, 3.05) is 12.9 Å². The summed E-state index contributed by atoms with van der Waals surface area (Å²) in [6.07, 6.45) is 0.816. The van der Waals surface area contributed by atoms with E-state index in [-0.39, 0.29) is 23.2 Å². The van der Waals surface area contributed by atoms with Crippen LogP contribution in [0, 0.1) is 5.92 Å². The van der Waals surface area contributed by atoms with Crippen molar-refractivity contribution in [1.29, 1.82) is 0 Å². The van der Waals surface area contributed by atoms with E-state index < -0.39 is 6.04 Å². The maximum atomic E-state index is 13.0. The van der Waals surface area contributed by atoms with Gasteiger partial charge in [0.2, 0.25) is 5.91 Å². The molecule has 6 heteroatoms. The van der Waals surface area contributed by atoms with Gasteiger partial charge in [-0.2, -0.15) is 0 Å². The molecule has 1 aromatic rings. The van der Waals surface area contributed by atoms with Crippen molar-refractivity contribution in [3.05, 3.63) is 29.8 Å². The average Bonchev–Trinajstić information content (AvgIpc) is 3.05. The van der Waals surface area contributed by atoms with Crippen molar-refractivity contribution in [2.24, 2.45) is 5.92 Å². The largest absolute Gasteiger partial charge is 0.497 e. The first-order valence-corrected chi connectivity index (χ1v) is 9.82. The molecule has 1 aromatic carbocycles. The second-order valence-electron chi connectivity index (χ2n) is 6.69. The Labute approximate surface area is 154 Å². The minimum Gasteiger partial charge on any atom is -0.497 e. The third-order valence-electron chi connectivity index (χ3n) is 4.69. The molecular formula is C19H28N2O3S. The molecule has 2 amide bonds. The topological polar surface area (TPSA) is 58.6 Å². The molecule has 0 radical (unpaired) electrons. The molecule has 25 heavy (non-hydrogen) atoms. The number of nitrogens with zero attached hydrogens (tertiary/aromatic N) is 1. The standard InChI is InChI=1S/C19H28N2O3S/c1-6-17-21(19(23)14-7-9-15(24-5)10-8-14)16(11-25-17)18(22)20-13(4)12(2)3/h7-10,12-13,16-17H,6,11H2,1-5H3,(H,20,22). The van der Waals surface area contributed by atoms with Gasteiger partial charge in [0.05, 0.1) is 12.5 Å². The number of benzene rings is 1. The lowest BCUT2D eigenvalue weighted by atomic mass is 10.1. The highest BCUT2D eigenvalue weighted by molar-refractivity contribution is 8.00. The van der Waals surface area contributed by atoms with Crippen molar-refractivity contribution < 1.29 is 14.3 Å². The molecule has 0 spiro atoms. The normalized spacial score (nSPS) is 21.3. The van der Waals surface area contributed by atoms with Crippen LogP contribution < -0.4 is 10.1 Å².